The highest BCUT2D eigenvalue weighted by Crippen LogP contribution is 2.41. The number of nitrogens with zero attached hydrogens (tertiary/aromatic N) is 1. The molecule has 0 heterocycles. The van der Waals surface area contributed by atoms with Crippen molar-refractivity contribution in [2.75, 3.05) is 0 Å². The Morgan fingerprint density at radius 3 is 2.28 bits per heavy atom. The molecule has 1 atom stereocenters. The van der Waals surface area contributed by atoms with E-state index < -0.39 is 23.7 Å². The largest absolute Gasteiger partial charge is 0.670 e. The molecule has 2 aromatic carbocycles. The van der Waals surface area contributed by atoms with Gasteiger partial charge in [-0.05, 0) is 36.6 Å². The van der Waals surface area contributed by atoms with Gasteiger partial charge in [-0.3, -0.25) is 4.79 Å². The molecule has 8 heteroatoms. The maximum Gasteiger partial charge on any atom is 0.416 e. The molecule has 156 valence electrons. The second-order valence-corrected chi connectivity index (χ2v) is 7.87. The van der Waals surface area contributed by atoms with Gasteiger partial charge in [-0.25, -0.2) is 0 Å². The summed E-state index contributed by atoms with van der Waals surface area (Å²) in [5, 5.41) is 7.74. The molecule has 1 saturated carbocycles. The van der Waals surface area contributed by atoms with E-state index in [-0.39, 0.29) is 27.3 Å². The second kappa shape index (κ2) is 9.26. The number of benzene rings is 2. The van der Waals surface area contributed by atoms with Crippen LogP contribution >= 0.6 is 23.2 Å². The maximum atomic E-state index is 13.1. The van der Waals surface area contributed by atoms with E-state index in [9.17, 15) is 18.0 Å². The monoisotopic (exact) mass is 443 g/mol. The average molecular weight is 444 g/mol. The molecular weight excluding hydrogens is 424 g/mol. The number of alkyl halides is 3. The lowest BCUT2D eigenvalue weighted by Crippen LogP contribution is -2.39. The van der Waals surface area contributed by atoms with Crippen LogP contribution in [0, 0.1) is 0 Å². The van der Waals surface area contributed by atoms with Crippen molar-refractivity contribution < 1.29 is 18.0 Å². The lowest BCUT2D eigenvalue weighted by molar-refractivity contribution is -0.137. The fraction of sp³-hybridized carbons (Fsp3) is 0.381. The number of hydrogen-bond donors (Lipinski definition) is 1. The number of rotatable bonds is 5. The fourth-order valence-electron chi connectivity index (χ4n) is 3.46. The topological polar surface area (TPSA) is 43.2 Å². The van der Waals surface area contributed by atoms with Gasteiger partial charge < -0.3 is 10.6 Å². The minimum atomic E-state index is -4.51. The van der Waals surface area contributed by atoms with Gasteiger partial charge in [-0.2, -0.15) is 13.2 Å². The van der Waals surface area contributed by atoms with Crippen molar-refractivity contribution in [3.05, 3.63) is 69.0 Å². The van der Waals surface area contributed by atoms with E-state index in [4.69, 9.17) is 23.2 Å². The zero-order valence-corrected chi connectivity index (χ0v) is 17.0. The predicted octanol–water partition coefficient (Wildman–Crippen LogP) is 7.21. The Morgan fingerprint density at radius 2 is 1.66 bits per heavy atom. The van der Waals surface area contributed by atoms with E-state index in [2.05, 4.69) is 10.6 Å². The van der Waals surface area contributed by atoms with Gasteiger partial charge in [-0.15, -0.1) is 5.69 Å². The van der Waals surface area contributed by atoms with Crippen LogP contribution in [-0.2, 0) is 11.0 Å². The Morgan fingerprint density at radius 1 is 1.03 bits per heavy atom. The normalized spacial score (nSPS) is 16.3. The first-order chi connectivity index (χ1) is 13.8. The molecule has 1 fully saturated rings. The fourth-order valence-corrected chi connectivity index (χ4v) is 4.07. The molecule has 0 saturated heterocycles. The van der Waals surface area contributed by atoms with Crippen molar-refractivity contribution in [2.45, 2.75) is 50.4 Å². The highest BCUT2D eigenvalue weighted by atomic mass is 35.5. The summed E-state index contributed by atoms with van der Waals surface area (Å²) in [6, 6.07) is 8.18. The van der Waals surface area contributed by atoms with Gasteiger partial charge in [0.15, 0.2) is 0 Å². The molecule has 1 amide bonds. The molecule has 1 aliphatic rings. The van der Waals surface area contributed by atoms with E-state index in [1.807, 2.05) is 0 Å². The molecular formula is C21H20Cl2F3N2O-. The van der Waals surface area contributed by atoms with E-state index >= 15 is 0 Å². The Bertz CT molecular complexity index is 847. The third kappa shape index (κ3) is 5.58. The number of carbonyl (C=O) groups is 1. The van der Waals surface area contributed by atoms with Gasteiger partial charge in [-0.1, -0.05) is 72.8 Å². The standard InChI is InChI=1S/C21H20Cl2F3N2O/c22-16-10-5-11-17(23)18(16)19(20(29)28-14-7-2-1-3-8-14)27-15-9-4-6-13(12-15)21(24,25)26/h4-6,9-12,14,19H,1-3,7-8H2,(H,28,29)/q-1. The van der Waals surface area contributed by atoms with E-state index in [0.717, 1.165) is 44.2 Å². The van der Waals surface area contributed by atoms with Crippen LogP contribution in [0.2, 0.25) is 10.0 Å². The van der Waals surface area contributed by atoms with Crippen molar-refractivity contribution in [1.82, 2.24) is 5.32 Å². The van der Waals surface area contributed by atoms with Crippen molar-refractivity contribution in [1.29, 1.82) is 0 Å². The molecule has 0 aromatic heterocycles. The minimum Gasteiger partial charge on any atom is -0.670 e. The summed E-state index contributed by atoms with van der Waals surface area (Å²) < 4.78 is 39.2. The summed E-state index contributed by atoms with van der Waals surface area (Å²) in [6.07, 6.45) is 0.380. The maximum absolute atomic E-state index is 13.1. The van der Waals surface area contributed by atoms with Crippen LogP contribution in [0.25, 0.3) is 5.32 Å². The number of hydrogen-bond acceptors (Lipinski definition) is 1. The first-order valence-electron chi connectivity index (χ1n) is 9.38. The Balaban J connectivity index is 1.92. The van der Waals surface area contributed by atoms with Crippen LogP contribution in [-0.4, -0.2) is 11.9 Å². The predicted molar refractivity (Wildman–Crippen MR) is 109 cm³/mol. The molecule has 0 bridgehead atoms. The molecule has 2 aromatic rings. The first kappa shape index (κ1) is 21.8. The van der Waals surface area contributed by atoms with Crippen LogP contribution in [0.5, 0.6) is 0 Å². The van der Waals surface area contributed by atoms with Crippen LogP contribution in [0.4, 0.5) is 18.9 Å². The molecule has 1 aliphatic carbocycles. The molecule has 1 unspecified atom stereocenters. The van der Waals surface area contributed by atoms with Gasteiger partial charge in [0.05, 0.1) is 5.56 Å². The van der Waals surface area contributed by atoms with E-state index in [1.165, 1.54) is 12.1 Å². The Kier molecular flexibility index (Phi) is 6.96. The van der Waals surface area contributed by atoms with Crippen LogP contribution < -0.4 is 5.32 Å². The summed E-state index contributed by atoms with van der Waals surface area (Å²) in [5.74, 6) is -0.427. The SMILES string of the molecule is O=C(NC1CCCCC1)C([N-]c1cccc(C(F)(F)F)c1)c1c(Cl)cccc1Cl. The molecule has 3 rings (SSSR count). The molecule has 3 nitrogen and oxygen atoms in total. The summed E-state index contributed by atoms with van der Waals surface area (Å²) in [6.45, 7) is 0. The van der Waals surface area contributed by atoms with Gasteiger partial charge >= 0.3 is 6.18 Å². The van der Waals surface area contributed by atoms with E-state index in [1.54, 1.807) is 18.2 Å². The smallest absolute Gasteiger partial charge is 0.416 e. The number of amides is 1. The van der Waals surface area contributed by atoms with Crippen molar-refractivity contribution >= 4 is 34.8 Å². The van der Waals surface area contributed by atoms with Crippen molar-refractivity contribution in [2.24, 2.45) is 0 Å². The molecule has 0 radical (unpaired) electrons. The molecule has 0 spiro atoms. The Labute approximate surface area is 177 Å². The van der Waals surface area contributed by atoms with Gasteiger partial charge in [0.2, 0.25) is 5.91 Å². The number of nitrogens with one attached hydrogen (secondary N) is 1. The third-order valence-corrected chi connectivity index (χ3v) is 5.58. The number of halogens is 5. The van der Waals surface area contributed by atoms with Crippen LogP contribution in [0.15, 0.2) is 42.5 Å². The summed E-state index contributed by atoms with van der Waals surface area (Å²) >= 11 is 12.6. The Hall–Kier alpha value is -1.92. The molecule has 0 aliphatic heterocycles. The lowest BCUT2D eigenvalue weighted by atomic mass is 9.95. The summed E-state index contributed by atoms with van der Waals surface area (Å²) in [7, 11) is 0. The third-order valence-electron chi connectivity index (χ3n) is 4.92. The summed E-state index contributed by atoms with van der Waals surface area (Å²) in [5.41, 5.74) is -0.531. The first-order valence-corrected chi connectivity index (χ1v) is 10.1. The highest BCUT2D eigenvalue weighted by Gasteiger charge is 2.30. The second-order valence-electron chi connectivity index (χ2n) is 7.06. The van der Waals surface area contributed by atoms with Gasteiger partial charge in [0.1, 0.15) is 0 Å². The van der Waals surface area contributed by atoms with Crippen LogP contribution in [0.3, 0.4) is 0 Å². The molecule has 1 N–H and O–H groups in total. The minimum absolute atomic E-state index is 0.0109. The quantitative estimate of drug-likeness (QED) is 0.521. The summed E-state index contributed by atoms with van der Waals surface area (Å²) in [4.78, 5) is 13.1. The van der Waals surface area contributed by atoms with Crippen LogP contribution in [0.1, 0.15) is 49.3 Å². The van der Waals surface area contributed by atoms with E-state index in [0.29, 0.717) is 0 Å². The van der Waals surface area contributed by atoms with Crippen molar-refractivity contribution in [3.63, 3.8) is 0 Å². The van der Waals surface area contributed by atoms with Gasteiger partial charge in [0, 0.05) is 16.1 Å². The zero-order chi connectivity index (χ0) is 21.0. The average Bonchev–Trinajstić information content (AvgIpc) is 2.67. The number of carbonyl (C=O) groups excluding carboxylic acids is 1. The zero-order valence-electron chi connectivity index (χ0n) is 15.5. The highest BCUT2D eigenvalue weighted by molar-refractivity contribution is 6.36. The van der Waals surface area contributed by atoms with Crippen molar-refractivity contribution in [3.8, 4) is 0 Å². The van der Waals surface area contributed by atoms with Gasteiger partial charge in [0.25, 0.3) is 0 Å². The molecule has 29 heavy (non-hydrogen) atoms. The lowest BCUT2D eigenvalue weighted by Gasteiger charge is -2.36.